The molecule has 12 heteroatoms. The van der Waals surface area contributed by atoms with Crippen LogP contribution in [0.25, 0.3) is 0 Å². The number of aromatic carboxylic acids is 1. The van der Waals surface area contributed by atoms with Crippen LogP contribution in [0.15, 0.2) is 30.3 Å². The third-order valence-electron chi connectivity index (χ3n) is 3.79. The Morgan fingerprint density at radius 3 is 1.77 bits per heavy atom. The lowest BCUT2D eigenvalue weighted by Gasteiger charge is -2.13. The van der Waals surface area contributed by atoms with E-state index < -0.39 is 5.97 Å². The molecule has 2 aromatic heterocycles. The molecule has 0 amide bonds. The third kappa shape index (κ3) is 5.05. The summed E-state index contributed by atoms with van der Waals surface area (Å²) in [5.74, 6) is -1.11. The predicted octanol–water partition coefficient (Wildman–Crippen LogP) is 2.07. The number of aliphatic hydroxyl groups is 1. The quantitative estimate of drug-likeness (QED) is 0.510. The van der Waals surface area contributed by atoms with Gasteiger partial charge in [-0.05, 0) is 12.1 Å². The number of aliphatic hydroxyl groups excluding tert-OH is 1. The molecule has 1 aromatic carbocycles. The first-order valence-electron chi connectivity index (χ1n) is 8.69. The average molecular weight is 430 g/mol. The fraction of sp³-hybridized carbons (Fsp3) is 0.211. The van der Waals surface area contributed by atoms with E-state index in [1.807, 2.05) is 0 Å². The third-order valence-corrected chi connectivity index (χ3v) is 3.79. The van der Waals surface area contributed by atoms with Crippen molar-refractivity contribution >= 4 is 5.97 Å². The fourth-order valence-corrected chi connectivity index (χ4v) is 2.41. The van der Waals surface area contributed by atoms with Crippen LogP contribution in [-0.4, -0.2) is 57.4 Å². The van der Waals surface area contributed by atoms with Gasteiger partial charge < -0.3 is 33.9 Å². The van der Waals surface area contributed by atoms with Gasteiger partial charge in [-0.3, -0.25) is 0 Å². The number of hydrogen-bond donors (Lipinski definition) is 2. The molecule has 0 unspecified atom stereocenters. The van der Waals surface area contributed by atoms with Crippen LogP contribution in [-0.2, 0) is 6.61 Å². The number of benzene rings is 1. The number of nitrogens with zero attached hydrogens (tertiary/aromatic N) is 4. The number of carbonyl (C=O) groups is 1. The molecule has 3 aromatic rings. The van der Waals surface area contributed by atoms with Crippen LogP contribution in [0.2, 0.25) is 0 Å². The number of carboxylic acids is 1. The summed E-state index contributed by atoms with van der Waals surface area (Å²) in [6, 6.07) is 6.73. The maximum atomic E-state index is 12.0. The number of hydrogen-bond acceptors (Lipinski definition) is 11. The molecule has 0 radical (unpaired) electrons. The smallest absolute Gasteiger partial charge is 0.343 e. The van der Waals surface area contributed by atoms with Crippen molar-refractivity contribution in [3.63, 3.8) is 0 Å². The minimum absolute atomic E-state index is 0.106. The van der Waals surface area contributed by atoms with Gasteiger partial charge in [-0.1, -0.05) is 6.07 Å². The summed E-state index contributed by atoms with van der Waals surface area (Å²) in [6.07, 6.45) is 0. The van der Waals surface area contributed by atoms with Crippen molar-refractivity contribution in [3.8, 4) is 41.2 Å². The Hall–Kier alpha value is -4.19. The summed E-state index contributed by atoms with van der Waals surface area (Å²) in [5, 5.41) is 19.1. The van der Waals surface area contributed by atoms with E-state index in [2.05, 4.69) is 19.9 Å². The molecule has 0 saturated heterocycles. The van der Waals surface area contributed by atoms with Gasteiger partial charge in [0.15, 0.2) is 0 Å². The van der Waals surface area contributed by atoms with Crippen LogP contribution >= 0.6 is 0 Å². The Bertz CT molecular complexity index is 972. The standard InChI is InChI=1S/C19H18N4O8/c1-27-13-7-10(9-24)20-18(21-13)30-11-5-4-6-12(16(11)17(25)26)31-19-22-14(28-2)8-15(23-19)29-3/h4-8,24H,9H2,1-3H3,(H,25,26). The molecule has 0 bridgehead atoms. The fourth-order valence-electron chi connectivity index (χ4n) is 2.41. The van der Waals surface area contributed by atoms with Gasteiger partial charge >= 0.3 is 18.0 Å². The van der Waals surface area contributed by atoms with E-state index in [-0.39, 0.29) is 59.0 Å². The highest BCUT2D eigenvalue weighted by molar-refractivity contribution is 5.94. The maximum absolute atomic E-state index is 12.0. The van der Waals surface area contributed by atoms with Gasteiger partial charge in [0.05, 0.1) is 39.7 Å². The van der Waals surface area contributed by atoms with Crippen LogP contribution in [0.1, 0.15) is 16.1 Å². The summed E-state index contributed by atoms with van der Waals surface area (Å²) in [4.78, 5) is 28.0. The van der Waals surface area contributed by atoms with Crippen molar-refractivity contribution in [2.24, 2.45) is 0 Å². The summed E-state index contributed by atoms with van der Waals surface area (Å²) in [5.41, 5.74) is -0.104. The van der Waals surface area contributed by atoms with E-state index in [1.54, 1.807) is 0 Å². The highest BCUT2D eigenvalue weighted by atomic mass is 16.5. The first-order chi connectivity index (χ1) is 15.0. The zero-order valence-corrected chi connectivity index (χ0v) is 16.7. The molecule has 0 atom stereocenters. The summed E-state index contributed by atoms with van der Waals surface area (Å²) in [6.45, 7) is -0.390. The molecule has 162 valence electrons. The number of carboxylic acid groups (broad SMARTS) is 1. The molecule has 12 nitrogen and oxygen atoms in total. The van der Waals surface area contributed by atoms with Gasteiger partial charge in [-0.25, -0.2) is 4.79 Å². The minimum atomic E-state index is -1.34. The SMILES string of the molecule is COc1cc(CO)nc(Oc2cccc(Oc3nc(OC)cc(OC)n3)c2C(=O)O)n1. The van der Waals surface area contributed by atoms with E-state index in [1.165, 1.54) is 51.7 Å². The van der Waals surface area contributed by atoms with Gasteiger partial charge in [0, 0.05) is 6.07 Å². The molecular weight excluding hydrogens is 412 g/mol. The largest absolute Gasteiger partial charge is 0.481 e. The molecule has 0 aliphatic rings. The Kier molecular flexibility index (Phi) is 6.62. The lowest BCUT2D eigenvalue weighted by molar-refractivity contribution is 0.0691. The second-order valence-electron chi connectivity index (χ2n) is 5.72. The molecule has 0 aliphatic heterocycles. The summed E-state index contributed by atoms with van der Waals surface area (Å²) in [7, 11) is 4.18. The molecule has 2 N–H and O–H groups in total. The highest BCUT2D eigenvalue weighted by Gasteiger charge is 2.22. The molecule has 0 saturated carbocycles. The topological polar surface area (TPSA) is 155 Å². The lowest BCUT2D eigenvalue weighted by atomic mass is 10.2. The Morgan fingerprint density at radius 2 is 1.32 bits per heavy atom. The first kappa shape index (κ1) is 21.5. The van der Waals surface area contributed by atoms with Crippen LogP contribution in [0.5, 0.6) is 41.2 Å². The molecule has 0 spiro atoms. The van der Waals surface area contributed by atoms with Crippen LogP contribution in [0.4, 0.5) is 0 Å². The second-order valence-corrected chi connectivity index (χ2v) is 5.72. The monoisotopic (exact) mass is 430 g/mol. The highest BCUT2D eigenvalue weighted by Crippen LogP contribution is 2.34. The molecular formula is C19H18N4O8. The lowest BCUT2D eigenvalue weighted by Crippen LogP contribution is -2.06. The average Bonchev–Trinajstić information content (AvgIpc) is 2.78. The van der Waals surface area contributed by atoms with Gasteiger partial charge in [0.1, 0.15) is 17.1 Å². The van der Waals surface area contributed by atoms with E-state index >= 15 is 0 Å². The Labute approximate surface area is 176 Å². The molecule has 31 heavy (non-hydrogen) atoms. The maximum Gasteiger partial charge on any atom is 0.343 e. The zero-order valence-electron chi connectivity index (χ0n) is 16.7. The Morgan fingerprint density at radius 1 is 0.839 bits per heavy atom. The number of rotatable bonds is 9. The second kappa shape index (κ2) is 9.54. The minimum Gasteiger partial charge on any atom is -0.481 e. The summed E-state index contributed by atoms with van der Waals surface area (Å²) >= 11 is 0. The molecule has 3 rings (SSSR count). The van der Waals surface area contributed by atoms with E-state index in [0.29, 0.717) is 0 Å². The van der Waals surface area contributed by atoms with Gasteiger partial charge in [0.2, 0.25) is 17.6 Å². The van der Waals surface area contributed by atoms with E-state index in [9.17, 15) is 15.0 Å². The van der Waals surface area contributed by atoms with Crippen LogP contribution in [0, 0.1) is 0 Å². The van der Waals surface area contributed by atoms with Crippen molar-refractivity contribution in [2.75, 3.05) is 21.3 Å². The van der Waals surface area contributed by atoms with Crippen molar-refractivity contribution < 1.29 is 38.7 Å². The molecule has 0 aliphatic carbocycles. The van der Waals surface area contributed by atoms with Crippen molar-refractivity contribution in [3.05, 3.63) is 41.6 Å². The first-order valence-corrected chi connectivity index (χ1v) is 8.69. The number of methoxy groups -OCH3 is 3. The summed E-state index contributed by atoms with van der Waals surface area (Å²) < 4.78 is 26.3. The predicted molar refractivity (Wildman–Crippen MR) is 103 cm³/mol. The normalized spacial score (nSPS) is 10.3. The molecule has 2 heterocycles. The van der Waals surface area contributed by atoms with Gasteiger partial charge in [-0.2, -0.15) is 19.9 Å². The van der Waals surface area contributed by atoms with Crippen molar-refractivity contribution in [2.45, 2.75) is 6.61 Å². The molecule has 0 fully saturated rings. The Balaban J connectivity index is 2.00. The van der Waals surface area contributed by atoms with Gasteiger partial charge in [0.25, 0.3) is 0 Å². The zero-order chi connectivity index (χ0) is 22.4. The van der Waals surface area contributed by atoms with Gasteiger partial charge in [-0.15, -0.1) is 0 Å². The van der Waals surface area contributed by atoms with Crippen molar-refractivity contribution in [1.29, 1.82) is 0 Å². The van der Waals surface area contributed by atoms with Crippen molar-refractivity contribution in [1.82, 2.24) is 19.9 Å². The van der Waals surface area contributed by atoms with Crippen LogP contribution < -0.4 is 23.7 Å². The van der Waals surface area contributed by atoms with E-state index in [4.69, 9.17) is 23.7 Å². The number of ether oxygens (including phenoxy) is 5. The number of aromatic nitrogens is 4. The van der Waals surface area contributed by atoms with E-state index in [0.717, 1.165) is 0 Å². The van der Waals surface area contributed by atoms with Crippen LogP contribution in [0.3, 0.4) is 0 Å².